The van der Waals surface area contributed by atoms with Gasteiger partial charge in [0.05, 0.1) is 11.3 Å². The van der Waals surface area contributed by atoms with Crippen LogP contribution in [-0.2, 0) is 4.79 Å². The number of nitrogens with one attached hydrogen (secondary N) is 1. The molecule has 1 amide bonds. The minimum atomic E-state index is -1.19. The molecule has 0 radical (unpaired) electrons. The standard InChI is InChI=1S/C12H10FNO3/c1-2-3-4-11(15)14-10-7-8(12(16)17)5-6-9(10)13/h1,5-7H,3-4H2,(H,14,15)(H,16,17). The van der Waals surface area contributed by atoms with Gasteiger partial charge >= 0.3 is 5.97 Å². The lowest BCUT2D eigenvalue weighted by atomic mass is 10.2. The van der Waals surface area contributed by atoms with Gasteiger partial charge in [0.25, 0.3) is 0 Å². The van der Waals surface area contributed by atoms with Crippen molar-refractivity contribution in [3.63, 3.8) is 0 Å². The molecule has 0 aromatic heterocycles. The van der Waals surface area contributed by atoms with Gasteiger partial charge in [-0.05, 0) is 18.2 Å². The first-order chi connectivity index (χ1) is 8.04. The maximum Gasteiger partial charge on any atom is 0.335 e. The Labute approximate surface area is 97.5 Å². The van der Waals surface area contributed by atoms with E-state index in [4.69, 9.17) is 11.5 Å². The lowest BCUT2D eigenvalue weighted by Gasteiger charge is -2.06. The highest BCUT2D eigenvalue weighted by atomic mass is 19.1. The molecule has 88 valence electrons. The number of terminal acetylenes is 1. The lowest BCUT2D eigenvalue weighted by Crippen LogP contribution is -2.12. The summed E-state index contributed by atoms with van der Waals surface area (Å²) in [5.41, 5.74) is -0.259. The van der Waals surface area contributed by atoms with E-state index in [0.29, 0.717) is 0 Å². The van der Waals surface area contributed by atoms with Gasteiger partial charge in [0.2, 0.25) is 5.91 Å². The van der Waals surface area contributed by atoms with Crippen LogP contribution in [0.2, 0.25) is 0 Å². The van der Waals surface area contributed by atoms with Crippen LogP contribution < -0.4 is 5.32 Å². The molecule has 0 saturated carbocycles. The van der Waals surface area contributed by atoms with E-state index in [-0.39, 0.29) is 24.1 Å². The van der Waals surface area contributed by atoms with Gasteiger partial charge in [0, 0.05) is 12.8 Å². The third-order valence-corrected chi connectivity index (χ3v) is 1.98. The Hall–Kier alpha value is -2.35. The zero-order chi connectivity index (χ0) is 12.8. The largest absolute Gasteiger partial charge is 0.478 e. The van der Waals surface area contributed by atoms with E-state index in [0.717, 1.165) is 18.2 Å². The molecule has 5 heteroatoms. The number of aromatic carboxylic acids is 1. The molecule has 1 rings (SSSR count). The van der Waals surface area contributed by atoms with Crippen molar-refractivity contribution >= 4 is 17.6 Å². The van der Waals surface area contributed by atoms with Crippen LogP contribution in [0.3, 0.4) is 0 Å². The van der Waals surface area contributed by atoms with Gasteiger partial charge in [-0.1, -0.05) is 0 Å². The van der Waals surface area contributed by atoms with Crippen molar-refractivity contribution in [2.45, 2.75) is 12.8 Å². The quantitative estimate of drug-likeness (QED) is 0.783. The van der Waals surface area contributed by atoms with Crippen LogP contribution in [0.25, 0.3) is 0 Å². The van der Waals surface area contributed by atoms with Crippen LogP contribution in [0.15, 0.2) is 18.2 Å². The fourth-order valence-electron chi connectivity index (χ4n) is 1.15. The Kier molecular flexibility index (Phi) is 4.23. The predicted molar refractivity (Wildman–Crippen MR) is 60.1 cm³/mol. The number of anilines is 1. The molecule has 1 aromatic rings. The lowest BCUT2D eigenvalue weighted by molar-refractivity contribution is -0.116. The summed E-state index contributed by atoms with van der Waals surface area (Å²) >= 11 is 0. The highest BCUT2D eigenvalue weighted by Crippen LogP contribution is 2.16. The van der Waals surface area contributed by atoms with E-state index < -0.39 is 17.7 Å². The maximum atomic E-state index is 13.3. The number of carboxylic acid groups (broad SMARTS) is 1. The smallest absolute Gasteiger partial charge is 0.335 e. The fourth-order valence-corrected chi connectivity index (χ4v) is 1.15. The molecule has 0 heterocycles. The molecule has 0 aliphatic rings. The minimum Gasteiger partial charge on any atom is -0.478 e. The van der Waals surface area contributed by atoms with Crippen molar-refractivity contribution in [2.75, 3.05) is 5.32 Å². The van der Waals surface area contributed by atoms with Crippen LogP contribution in [0, 0.1) is 18.2 Å². The first kappa shape index (κ1) is 12.7. The van der Waals surface area contributed by atoms with Gasteiger partial charge in [-0.15, -0.1) is 12.3 Å². The third-order valence-electron chi connectivity index (χ3n) is 1.98. The average molecular weight is 235 g/mol. The van der Waals surface area contributed by atoms with E-state index in [1.807, 2.05) is 0 Å². The molecule has 17 heavy (non-hydrogen) atoms. The number of hydrogen-bond acceptors (Lipinski definition) is 2. The van der Waals surface area contributed by atoms with E-state index >= 15 is 0 Å². The second kappa shape index (κ2) is 5.66. The molecular weight excluding hydrogens is 225 g/mol. The van der Waals surface area contributed by atoms with Crippen molar-refractivity contribution in [3.05, 3.63) is 29.6 Å². The number of halogens is 1. The van der Waals surface area contributed by atoms with Crippen LogP contribution in [0.4, 0.5) is 10.1 Å². The van der Waals surface area contributed by atoms with Crippen molar-refractivity contribution in [1.82, 2.24) is 0 Å². The molecular formula is C12H10FNO3. The van der Waals surface area contributed by atoms with E-state index in [2.05, 4.69) is 11.2 Å². The average Bonchev–Trinajstić information content (AvgIpc) is 2.29. The number of amides is 1. The van der Waals surface area contributed by atoms with E-state index in [1.54, 1.807) is 0 Å². The summed E-state index contributed by atoms with van der Waals surface area (Å²) in [4.78, 5) is 21.9. The van der Waals surface area contributed by atoms with Crippen LogP contribution in [0.5, 0.6) is 0 Å². The van der Waals surface area contributed by atoms with Crippen LogP contribution in [0.1, 0.15) is 23.2 Å². The summed E-state index contributed by atoms with van der Waals surface area (Å²) in [6, 6.07) is 3.17. The topological polar surface area (TPSA) is 66.4 Å². The van der Waals surface area contributed by atoms with E-state index in [1.165, 1.54) is 0 Å². The number of carboxylic acids is 1. The Morgan fingerprint density at radius 1 is 1.47 bits per heavy atom. The Balaban J connectivity index is 2.83. The molecule has 0 fully saturated rings. The molecule has 0 aliphatic carbocycles. The molecule has 0 aliphatic heterocycles. The monoisotopic (exact) mass is 235 g/mol. The second-order valence-corrected chi connectivity index (χ2v) is 3.25. The molecule has 0 saturated heterocycles. The van der Waals surface area contributed by atoms with Crippen molar-refractivity contribution in [1.29, 1.82) is 0 Å². The number of carbonyl (C=O) groups excluding carboxylic acids is 1. The molecule has 0 unspecified atom stereocenters. The Bertz CT molecular complexity index is 491. The minimum absolute atomic E-state index is 0.0627. The van der Waals surface area contributed by atoms with Gasteiger partial charge in [-0.25, -0.2) is 9.18 Å². The van der Waals surface area contributed by atoms with Crippen LogP contribution in [-0.4, -0.2) is 17.0 Å². The fraction of sp³-hybridized carbons (Fsp3) is 0.167. The molecule has 0 atom stereocenters. The summed E-state index contributed by atoms with van der Waals surface area (Å²) in [5.74, 6) is -0.0557. The molecule has 2 N–H and O–H groups in total. The summed E-state index contributed by atoms with van der Waals surface area (Å²) in [5, 5.41) is 11.0. The summed E-state index contributed by atoms with van der Waals surface area (Å²) in [6.07, 6.45) is 5.29. The molecule has 4 nitrogen and oxygen atoms in total. The summed E-state index contributed by atoms with van der Waals surface area (Å²) in [6.45, 7) is 0. The van der Waals surface area contributed by atoms with E-state index in [9.17, 15) is 14.0 Å². The number of carbonyl (C=O) groups is 2. The van der Waals surface area contributed by atoms with Gasteiger partial charge < -0.3 is 10.4 Å². The summed E-state index contributed by atoms with van der Waals surface area (Å²) in [7, 11) is 0. The van der Waals surface area contributed by atoms with Gasteiger partial charge in [0.1, 0.15) is 5.82 Å². The van der Waals surface area contributed by atoms with Crippen molar-refractivity contribution < 1.29 is 19.1 Å². The zero-order valence-corrected chi connectivity index (χ0v) is 8.87. The van der Waals surface area contributed by atoms with Gasteiger partial charge in [-0.3, -0.25) is 4.79 Å². The SMILES string of the molecule is C#CCCC(=O)Nc1cc(C(=O)O)ccc1F. The molecule has 0 spiro atoms. The first-order valence-electron chi connectivity index (χ1n) is 4.80. The highest BCUT2D eigenvalue weighted by molar-refractivity contribution is 5.94. The maximum absolute atomic E-state index is 13.3. The van der Waals surface area contributed by atoms with Gasteiger partial charge in [-0.2, -0.15) is 0 Å². The first-order valence-corrected chi connectivity index (χ1v) is 4.80. The zero-order valence-electron chi connectivity index (χ0n) is 8.87. The molecule has 0 bridgehead atoms. The summed E-state index contributed by atoms with van der Waals surface area (Å²) < 4.78 is 13.3. The third kappa shape index (κ3) is 3.61. The predicted octanol–water partition coefficient (Wildman–Crippen LogP) is 1.88. The number of rotatable bonds is 4. The normalized spacial score (nSPS) is 9.41. The Morgan fingerprint density at radius 3 is 2.76 bits per heavy atom. The van der Waals surface area contributed by atoms with Crippen molar-refractivity contribution in [3.8, 4) is 12.3 Å². The highest BCUT2D eigenvalue weighted by Gasteiger charge is 2.10. The van der Waals surface area contributed by atoms with Crippen molar-refractivity contribution in [2.24, 2.45) is 0 Å². The van der Waals surface area contributed by atoms with Gasteiger partial charge in [0.15, 0.2) is 0 Å². The number of benzene rings is 1. The second-order valence-electron chi connectivity index (χ2n) is 3.25. The number of hydrogen-bond donors (Lipinski definition) is 2. The molecule has 1 aromatic carbocycles. The Morgan fingerprint density at radius 2 is 2.18 bits per heavy atom. The van der Waals surface area contributed by atoms with Crippen LogP contribution >= 0.6 is 0 Å².